The number of aliphatic hydroxyl groups is 1. The maximum absolute atomic E-state index is 13.5. The van der Waals surface area contributed by atoms with Crippen LogP contribution in [0.5, 0.6) is 5.75 Å². The van der Waals surface area contributed by atoms with E-state index in [1.54, 1.807) is 6.07 Å². The van der Waals surface area contributed by atoms with Crippen molar-refractivity contribution in [3.8, 4) is 5.75 Å². The van der Waals surface area contributed by atoms with Crippen molar-refractivity contribution in [3.63, 3.8) is 0 Å². The smallest absolute Gasteiger partial charge is 0.419 e. The van der Waals surface area contributed by atoms with Gasteiger partial charge in [0.25, 0.3) is 0 Å². The zero-order chi connectivity index (χ0) is 23.5. The van der Waals surface area contributed by atoms with Crippen molar-refractivity contribution >= 4 is 9.47 Å². The Kier molecular flexibility index (Phi) is 11.5. The molecule has 0 aliphatic rings. The lowest BCUT2D eigenvalue weighted by atomic mass is 9.90. The Bertz CT molecular complexity index is 796. The fourth-order valence-electron chi connectivity index (χ4n) is 3.17. The van der Waals surface area contributed by atoms with Crippen molar-refractivity contribution < 1.29 is 27.9 Å². The highest BCUT2D eigenvalue weighted by Crippen LogP contribution is 2.37. The highest BCUT2D eigenvalue weighted by atomic mass is 31.0. The first-order chi connectivity index (χ1) is 14.7. The van der Waals surface area contributed by atoms with E-state index in [-0.39, 0.29) is 19.0 Å². The van der Waals surface area contributed by atoms with E-state index in [0.717, 1.165) is 23.6 Å². The van der Waals surface area contributed by atoms with E-state index in [0.29, 0.717) is 31.2 Å². The minimum absolute atomic E-state index is 0.151. The molecule has 0 amide bonds. The number of halogens is 3. The van der Waals surface area contributed by atoms with Gasteiger partial charge in [-0.25, -0.2) is 0 Å². The van der Waals surface area contributed by atoms with Crippen LogP contribution in [0.4, 0.5) is 13.2 Å². The van der Waals surface area contributed by atoms with Gasteiger partial charge < -0.3 is 20.5 Å². The molecule has 174 valence electrons. The number of hydrogen-bond donors (Lipinski definition) is 3. The molecule has 2 unspecified atom stereocenters. The van der Waals surface area contributed by atoms with Gasteiger partial charge in [0, 0.05) is 5.54 Å². The van der Waals surface area contributed by atoms with Crippen molar-refractivity contribution in [3.05, 3.63) is 64.7 Å². The van der Waals surface area contributed by atoms with Crippen molar-refractivity contribution in [2.45, 2.75) is 57.7 Å². The Morgan fingerprint density at radius 3 is 2.29 bits per heavy atom. The minimum Gasteiger partial charge on any atom is -0.493 e. The summed E-state index contributed by atoms with van der Waals surface area (Å²) in [5, 5.41) is 9.38. The molecule has 0 aliphatic heterocycles. The lowest BCUT2D eigenvalue weighted by Crippen LogP contribution is -2.43. The lowest BCUT2D eigenvalue weighted by molar-refractivity contribution is -0.139. The molecule has 0 fully saturated rings. The Balaban J connectivity index is 0.00000233. The zero-order valence-corrected chi connectivity index (χ0v) is 19.2. The van der Waals surface area contributed by atoms with Crippen molar-refractivity contribution in [2.75, 3.05) is 13.2 Å². The number of aliphatic hydroxyl groups excluding tert-OH is 1. The van der Waals surface area contributed by atoms with Crippen LogP contribution in [0.15, 0.2) is 42.5 Å². The van der Waals surface area contributed by atoms with E-state index in [1.807, 2.05) is 32.0 Å². The molecule has 31 heavy (non-hydrogen) atoms. The average Bonchev–Trinajstić information content (AvgIpc) is 2.76. The molecular formula is C23H33F3NO3P. The maximum atomic E-state index is 13.5. The van der Waals surface area contributed by atoms with E-state index in [2.05, 4.69) is 6.07 Å². The van der Waals surface area contributed by atoms with Gasteiger partial charge in [-0.2, -0.15) is 13.2 Å². The van der Waals surface area contributed by atoms with Gasteiger partial charge in [-0.05, 0) is 71.8 Å². The number of ether oxygens (including phenoxy) is 1. The molecule has 2 rings (SSSR count). The molecule has 2 aromatic carbocycles. The summed E-state index contributed by atoms with van der Waals surface area (Å²) >= 11 is 0. The number of benzene rings is 2. The Hall–Kier alpha value is -1.66. The third-order valence-corrected chi connectivity index (χ3v) is 5.23. The molecule has 0 heterocycles. The van der Waals surface area contributed by atoms with E-state index in [1.165, 1.54) is 15.5 Å². The van der Waals surface area contributed by atoms with Crippen LogP contribution in [0, 0.1) is 6.92 Å². The summed E-state index contributed by atoms with van der Waals surface area (Å²) in [6.07, 6.45) is -1.79. The molecule has 0 aromatic heterocycles. The molecule has 0 spiro atoms. The van der Waals surface area contributed by atoms with E-state index in [9.17, 15) is 18.3 Å². The van der Waals surface area contributed by atoms with Gasteiger partial charge >= 0.3 is 6.18 Å². The van der Waals surface area contributed by atoms with Crippen LogP contribution < -0.4 is 10.5 Å². The summed E-state index contributed by atoms with van der Waals surface area (Å²) in [7, 11) is 1.42. The van der Waals surface area contributed by atoms with Gasteiger partial charge in [-0.3, -0.25) is 0 Å². The van der Waals surface area contributed by atoms with Gasteiger partial charge in [0.15, 0.2) is 0 Å². The standard InChI is InChI=1S/C23H30F3NO2.H3OP/c1-3-22(27,16-28)12-11-19-9-10-21(20(15-19)23(24,25)26)29-13-5-8-18-7-4-6-17(2)14-18;1-2/h4,6-7,9-10,14-15,28H,3,5,8,11-13,16,27H2,1-2H3;1H,2H2. The maximum Gasteiger partial charge on any atom is 0.419 e. The second-order valence-electron chi connectivity index (χ2n) is 7.64. The minimum atomic E-state index is -4.50. The molecule has 4 nitrogen and oxygen atoms in total. The van der Waals surface area contributed by atoms with E-state index < -0.39 is 17.3 Å². The normalized spacial score (nSPS) is 13.2. The second-order valence-corrected chi connectivity index (χ2v) is 7.64. The zero-order valence-electron chi connectivity index (χ0n) is 18.1. The summed E-state index contributed by atoms with van der Waals surface area (Å²) in [6, 6.07) is 12.2. The predicted octanol–water partition coefficient (Wildman–Crippen LogP) is 4.83. The summed E-state index contributed by atoms with van der Waals surface area (Å²) in [4.78, 5) is 6.92. The highest BCUT2D eigenvalue weighted by molar-refractivity contribution is 7.08. The summed E-state index contributed by atoms with van der Waals surface area (Å²) < 4.78 is 46.0. The summed E-state index contributed by atoms with van der Waals surface area (Å²) in [5.74, 6) is -0.151. The number of aryl methyl sites for hydroxylation is 3. The van der Waals surface area contributed by atoms with Crippen molar-refractivity contribution in [1.82, 2.24) is 0 Å². The lowest BCUT2D eigenvalue weighted by Gasteiger charge is -2.25. The van der Waals surface area contributed by atoms with Crippen LogP contribution in [0.3, 0.4) is 0 Å². The van der Waals surface area contributed by atoms with Gasteiger partial charge in [-0.1, -0.05) is 42.8 Å². The number of nitrogens with two attached hydrogens (primary N) is 1. The van der Waals surface area contributed by atoms with E-state index >= 15 is 0 Å². The number of hydrogen-bond acceptors (Lipinski definition) is 4. The molecule has 8 heteroatoms. The third kappa shape index (κ3) is 9.16. The van der Waals surface area contributed by atoms with Gasteiger partial charge in [0.2, 0.25) is 0 Å². The van der Waals surface area contributed by atoms with Crippen LogP contribution >= 0.6 is 9.47 Å². The Labute approximate surface area is 184 Å². The fourth-order valence-corrected chi connectivity index (χ4v) is 3.17. The molecule has 2 atom stereocenters. The predicted molar refractivity (Wildman–Crippen MR) is 121 cm³/mol. The molecule has 4 N–H and O–H groups in total. The monoisotopic (exact) mass is 459 g/mol. The summed E-state index contributed by atoms with van der Waals surface area (Å²) in [5.41, 5.74) is 7.32. The van der Waals surface area contributed by atoms with Crippen LogP contribution in [0.25, 0.3) is 0 Å². The highest BCUT2D eigenvalue weighted by Gasteiger charge is 2.35. The van der Waals surface area contributed by atoms with Crippen molar-refractivity contribution in [1.29, 1.82) is 0 Å². The summed E-state index contributed by atoms with van der Waals surface area (Å²) in [6.45, 7) is 3.87. The number of rotatable bonds is 10. The topological polar surface area (TPSA) is 75.7 Å². The largest absolute Gasteiger partial charge is 0.493 e. The van der Waals surface area contributed by atoms with Gasteiger partial charge in [0.05, 0.1) is 18.8 Å². The SMILES string of the molecule is CCC(N)(CO)CCc1ccc(OCCCc2cccc(C)c2)c(C(F)(F)F)c1.OP. The Morgan fingerprint density at radius 2 is 1.71 bits per heavy atom. The van der Waals surface area contributed by atoms with Gasteiger partial charge in [-0.15, -0.1) is 0 Å². The quantitative estimate of drug-likeness (QED) is 0.352. The second kappa shape index (κ2) is 13.0. The molecule has 0 bridgehead atoms. The first-order valence-corrected chi connectivity index (χ1v) is 10.7. The average molecular weight is 459 g/mol. The molecule has 0 aliphatic carbocycles. The first-order valence-electron chi connectivity index (χ1n) is 10.2. The molecular weight excluding hydrogens is 426 g/mol. The first kappa shape index (κ1) is 27.4. The van der Waals surface area contributed by atoms with E-state index in [4.69, 9.17) is 15.4 Å². The Morgan fingerprint density at radius 1 is 1.03 bits per heavy atom. The van der Waals surface area contributed by atoms with Crippen LogP contribution in [0.1, 0.15) is 48.4 Å². The molecule has 0 saturated heterocycles. The van der Waals surface area contributed by atoms with Crippen molar-refractivity contribution in [2.24, 2.45) is 5.73 Å². The van der Waals surface area contributed by atoms with Crippen LogP contribution in [0.2, 0.25) is 0 Å². The third-order valence-electron chi connectivity index (χ3n) is 5.23. The number of alkyl halides is 3. The van der Waals surface area contributed by atoms with Gasteiger partial charge in [0.1, 0.15) is 5.75 Å². The fraction of sp³-hybridized carbons (Fsp3) is 0.478. The van der Waals surface area contributed by atoms with Crippen LogP contribution in [-0.4, -0.2) is 28.8 Å². The van der Waals surface area contributed by atoms with Crippen LogP contribution in [-0.2, 0) is 19.0 Å². The molecule has 0 saturated carbocycles. The molecule has 2 aromatic rings. The molecule has 0 radical (unpaired) electrons.